The quantitative estimate of drug-likeness (QED) is 0.848. The lowest BCUT2D eigenvalue weighted by molar-refractivity contribution is 0.0814. The number of hydrogen-bond acceptors (Lipinski definition) is 2. The molecule has 0 aromatic heterocycles. The summed E-state index contributed by atoms with van der Waals surface area (Å²) < 4.78 is 28.6. The van der Waals surface area contributed by atoms with Crippen LogP contribution in [0.25, 0.3) is 0 Å². The van der Waals surface area contributed by atoms with Crippen molar-refractivity contribution in [2.75, 3.05) is 6.61 Å². The van der Waals surface area contributed by atoms with Gasteiger partial charge in [-0.3, -0.25) is 0 Å². The first-order valence-corrected chi connectivity index (χ1v) is 4.41. The fourth-order valence-electron chi connectivity index (χ4n) is 1.02. The monoisotopic (exact) mass is 221 g/mol. The van der Waals surface area contributed by atoms with Crippen molar-refractivity contribution in [1.29, 1.82) is 0 Å². The summed E-state index contributed by atoms with van der Waals surface area (Å²) in [5, 5.41) is 0.430. The maximum Gasteiger partial charge on any atom is 0.272 e. The van der Waals surface area contributed by atoms with Gasteiger partial charge in [-0.25, -0.2) is 8.78 Å². The first kappa shape index (κ1) is 11.2. The van der Waals surface area contributed by atoms with Gasteiger partial charge < -0.3 is 10.5 Å². The minimum atomic E-state index is -2.50. The highest BCUT2D eigenvalue weighted by Crippen LogP contribution is 2.25. The van der Waals surface area contributed by atoms with Crippen molar-refractivity contribution in [2.45, 2.75) is 13.0 Å². The Balaban J connectivity index is 2.80. The molecule has 0 unspecified atom stereocenters. The van der Waals surface area contributed by atoms with E-state index in [-0.39, 0.29) is 6.54 Å². The lowest BCUT2D eigenvalue weighted by Crippen LogP contribution is -2.09. The second-order valence-corrected chi connectivity index (χ2v) is 3.03. The van der Waals surface area contributed by atoms with Crippen LogP contribution >= 0.6 is 11.6 Å². The third kappa shape index (κ3) is 2.82. The normalized spacial score (nSPS) is 10.6. The molecule has 0 radical (unpaired) electrons. The Bertz CT molecular complexity index is 307. The SMILES string of the molecule is NCc1c(Cl)cccc1OCC(F)F. The maximum atomic E-state index is 11.9. The summed E-state index contributed by atoms with van der Waals surface area (Å²) in [6.07, 6.45) is -2.50. The van der Waals surface area contributed by atoms with E-state index in [9.17, 15) is 8.78 Å². The first-order valence-electron chi connectivity index (χ1n) is 4.03. The van der Waals surface area contributed by atoms with Crippen molar-refractivity contribution < 1.29 is 13.5 Å². The molecule has 78 valence electrons. The predicted octanol–water partition coefficient (Wildman–Crippen LogP) is 2.44. The Labute approximate surface area is 85.6 Å². The molecular weight excluding hydrogens is 212 g/mol. The number of halogens is 3. The molecule has 0 aliphatic carbocycles. The lowest BCUT2D eigenvalue weighted by atomic mass is 10.2. The Morgan fingerprint density at radius 3 is 2.71 bits per heavy atom. The number of ether oxygens (including phenoxy) is 1. The van der Waals surface area contributed by atoms with Crippen LogP contribution in [0.4, 0.5) is 8.78 Å². The second kappa shape index (κ2) is 5.12. The summed E-state index contributed by atoms with van der Waals surface area (Å²) in [7, 11) is 0. The van der Waals surface area contributed by atoms with Gasteiger partial charge in [0.25, 0.3) is 6.43 Å². The van der Waals surface area contributed by atoms with E-state index in [0.717, 1.165) is 0 Å². The average molecular weight is 222 g/mol. The fraction of sp³-hybridized carbons (Fsp3) is 0.333. The van der Waals surface area contributed by atoms with Gasteiger partial charge in [0.2, 0.25) is 0 Å². The molecule has 0 aliphatic heterocycles. The molecular formula is C9H10ClF2NO. The maximum absolute atomic E-state index is 11.9. The number of hydrogen-bond donors (Lipinski definition) is 1. The Morgan fingerprint density at radius 1 is 1.43 bits per heavy atom. The van der Waals surface area contributed by atoms with Crippen LogP contribution in [0.3, 0.4) is 0 Å². The molecule has 0 saturated carbocycles. The minimum absolute atomic E-state index is 0.165. The standard InChI is InChI=1S/C9H10ClF2NO/c10-7-2-1-3-8(6(7)4-13)14-5-9(11)12/h1-3,9H,4-5,13H2. The number of rotatable bonds is 4. The molecule has 2 nitrogen and oxygen atoms in total. The molecule has 2 N–H and O–H groups in total. The van der Waals surface area contributed by atoms with E-state index < -0.39 is 13.0 Å². The first-order chi connectivity index (χ1) is 6.65. The number of benzene rings is 1. The van der Waals surface area contributed by atoms with Crippen molar-refractivity contribution >= 4 is 11.6 Å². The van der Waals surface area contributed by atoms with E-state index >= 15 is 0 Å². The summed E-state index contributed by atoms with van der Waals surface area (Å²) in [4.78, 5) is 0. The van der Waals surface area contributed by atoms with Crippen molar-refractivity contribution in [3.05, 3.63) is 28.8 Å². The lowest BCUT2D eigenvalue weighted by Gasteiger charge is -2.10. The Kier molecular flexibility index (Phi) is 4.10. The molecule has 0 fully saturated rings. The molecule has 0 saturated heterocycles. The molecule has 0 bridgehead atoms. The molecule has 0 atom stereocenters. The number of nitrogens with two attached hydrogens (primary N) is 1. The van der Waals surface area contributed by atoms with Crippen LogP contribution < -0.4 is 10.5 Å². The molecule has 5 heteroatoms. The number of alkyl halides is 2. The summed E-state index contributed by atoms with van der Waals surface area (Å²) in [6, 6.07) is 4.83. The molecule has 0 spiro atoms. The van der Waals surface area contributed by atoms with Gasteiger partial charge in [-0.05, 0) is 12.1 Å². The zero-order valence-corrected chi connectivity index (χ0v) is 8.10. The summed E-state index contributed by atoms with van der Waals surface area (Å²) in [6.45, 7) is -0.481. The van der Waals surface area contributed by atoms with E-state index in [1.165, 1.54) is 0 Å². The van der Waals surface area contributed by atoms with Gasteiger partial charge in [0.1, 0.15) is 12.4 Å². The van der Waals surface area contributed by atoms with E-state index in [4.69, 9.17) is 22.1 Å². The minimum Gasteiger partial charge on any atom is -0.487 e. The van der Waals surface area contributed by atoms with Crippen molar-refractivity contribution in [3.8, 4) is 5.75 Å². The van der Waals surface area contributed by atoms with Gasteiger partial charge >= 0.3 is 0 Å². The van der Waals surface area contributed by atoms with E-state index in [0.29, 0.717) is 16.3 Å². The van der Waals surface area contributed by atoms with Crippen LogP contribution in [0.5, 0.6) is 5.75 Å². The van der Waals surface area contributed by atoms with E-state index in [1.807, 2.05) is 0 Å². The molecule has 0 aliphatic rings. The molecule has 1 rings (SSSR count). The van der Waals surface area contributed by atoms with Gasteiger partial charge in [-0.2, -0.15) is 0 Å². The summed E-state index contributed by atoms with van der Waals surface area (Å²) in [5.74, 6) is 0.320. The molecule has 1 aromatic rings. The smallest absolute Gasteiger partial charge is 0.272 e. The van der Waals surface area contributed by atoms with Crippen LogP contribution in [0.15, 0.2) is 18.2 Å². The van der Waals surface area contributed by atoms with Crippen LogP contribution in [-0.4, -0.2) is 13.0 Å². The largest absolute Gasteiger partial charge is 0.487 e. The average Bonchev–Trinajstić information content (AvgIpc) is 2.14. The van der Waals surface area contributed by atoms with Gasteiger partial charge in [-0.15, -0.1) is 0 Å². The molecule has 1 aromatic carbocycles. The third-order valence-corrected chi connectivity index (χ3v) is 2.00. The predicted molar refractivity (Wildman–Crippen MR) is 50.8 cm³/mol. The van der Waals surface area contributed by atoms with Crippen molar-refractivity contribution in [3.63, 3.8) is 0 Å². The fourth-order valence-corrected chi connectivity index (χ4v) is 1.27. The van der Waals surface area contributed by atoms with E-state index in [2.05, 4.69) is 0 Å². The van der Waals surface area contributed by atoms with Gasteiger partial charge in [0, 0.05) is 17.1 Å². The van der Waals surface area contributed by atoms with Crippen molar-refractivity contribution in [1.82, 2.24) is 0 Å². The Morgan fingerprint density at radius 2 is 2.14 bits per heavy atom. The van der Waals surface area contributed by atoms with Gasteiger partial charge in [0.15, 0.2) is 0 Å². The van der Waals surface area contributed by atoms with E-state index in [1.54, 1.807) is 18.2 Å². The highest BCUT2D eigenvalue weighted by Gasteiger charge is 2.09. The van der Waals surface area contributed by atoms with Crippen molar-refractivity contribution in [2.24, 2.45) is 5.73 Å². The third-order valence-electron chi connectivity index (χ3n) is 1.64. The van der Waals surface area contributed by atoms with Crippen LogP contribution in [0.1, 0.15) is 5.56 Å². The topological polar surface area (TPSA) is 35.2 Å². The van der Waals surface area contributed by atoms with Gasteiger partial charge in [-0.1, -0.05) is 17.7 Å². The highest BCUT2D eigenvalue weighted by molar-refractivity contribution is 6.31. The Hall–Kier alpha value is -0.870. The molecule has 0 amide bonds. The zero-order chi connectivity index (χ0) is 10.6. The zero-order valence-electron chi connectivity index (χ0n) is 7.34. The summed E-state index contributed by atoms with van der Waals surface area (Å²) >= 11 is 5.80. The van der Waals surface area contributed by atoms with Crippen LogP contribution in [0.2, 0.25) is 5.02 Å². The summed E-state index contributed by atoms with van der Waals surface area (Å²) in [5.41, 5.74) is 5.96. The second-order valence-electron chi connectivity index (χ2n) is 2.62. The highest BCUT2D eigenvalue weighted by atomic mass is 35.5. The van der Waals surface area contributed by atoms with Gasteiger partial charge in [0.05, 0.1) is 0 Å². The molecule has 0 heterocycles. The van der Waals surface area contributed by atoms with Crippen LogP contribution in [-0.2, 0) is 6.54 Å². The van der Waals surface area contributed by atoms with Crippen LogP contribution in [0, 0.1) is 0 Å². The molecule has 14 heavy (non-hydrogen) atoms.